The molecule has 1 saturated carbocycles. The quantitative estimate of drug-likeness (QED) is 0.860. The van der Waals surface area contributed by atoms with Crippen LogP contribution in [0.15, 0.2) is 18.2 Å². The van der Waals surface area contributed by atoms with Crippen molar-refractivity contribution in [3.05, 3.63) is 34.9 Å². The molecule has 0 aromatic heterocycles. The predicted molar refractivity (Wildman–Crippen MR) is 78.7 cm³/mol. The maximum absolute atomic E-state index is 5.95. The van der Waals surface area contributed by atoms with E-state index in [2.05, 4.69) is 39.0 Å². The minimum absolute atomic E-state index is 0.739. The highest BCUT2D eigenvalue weighted by Gasteiger charge is 2.27. The van der Waals surface area contributed by atoms with E-state index in [1.165, 1.54) is 42.4 Å². The van der Waals surface area contributed by atoms with Gasteiger partial charge in [-0.2, -0.15) is 0 Å². The molecule has 1 aliphatic rings. The zero-order chi connectivity index (χ0) is 13.1. The maximum atomic E-state index is 5.95. The largest absolute Gasteiger partial charge is 0.330 e. The van der Waals surface area contributed by atoms with Crippen molar-refractivity contribution in [2.75, 3.05) is 6.54 Å². The molecule has 2 rings (SSSR count). The number of aryl methyl sites for hydroxylation is 2. The van der Waals surface area contributed by atoms with E-state index in [9.17, 15) is 0 Å². The highest BCUT2D eigenvalue weighted by atomic mass is 14.6. The average Bonchev–Trinajstić information content (AvgIpc) is 2.34. The third-order valence-corrected chi connectivity index (χ3v) is 4.77. The van der Waals surface area contributed by atoms with Crippen molar-refractivity contribution in [3.63, 3.8) is 0 Å². The van der Waals surface area contributed by atoms with Crippen molar-refractivity contribution in [1.82, 2.24) is 0 Å². The summed E-state index contributed by atoms with van der Waals surface area (Å²) in [6, 6.07) is 6.92. The van der Waals surface area contributed by atoms with E-state index < -0.39 is 0 Å². The Morgan fingerprint density at radius 2 is 1.89 bits per heavy atom. The second-order valence-electron chi connectivity index (χ2n) is 6.30. The van der Waals surface area contributed by atoms with Crippen LogP contribution in [-0.4, -0.2) is 6.54 Å². The third-order valence-electron chi connectivity index (χ3n) is 4.77. The van der Waals surface area contributed by atoms with Crippen LogP contribution in [-0.2, 0) is 6.42 Å². The molecule has 1 aromatic rings. The summed E-state index contributed by atoms with van der Waals surface area (Å²) in [5.41, 5.74) is 10.3. The van der Waals surface area contributed by atoms with E-state index in [0.717, 1.165) is 24.3 Å². The molecule has 1 aliphatic carbocycles. The van der Waals surface area contributed by atoms with Crippen LogP contribution in [0.3, 0.4) is 0 Å². The minimum Gasteiger partial charge on any atom is -0.330 e. The summed E-state index contributed by atoms with van der Waals surface area (Å²) in [7, 11) is 0. The molecule has 1 heteroatoms. The first-order valence-corrected chi connectivity index (χ1v) is 7.36. The number of hydrogen-bond donors (Lipinski definition) is 1. The summed E-state index contributed by atoms with van der Waals surface area (Å²) in [6.07, 6.45) is 5.26. The van der Waals surface area contributed by atoms with Crippen LogP contribution < -0.4 is 5.73 Å². The molecule has 18 heavy (non-hydrogen) atoms. The molecule has 0 bridgehead atoms. The van der Waals surface area contributed by atoms with E-state index >= 15 is 0 Å². The zero-order valence-corrected chi connectivity index (χ0v) is 12.1. The van der Waals surface area contributed by atoms with Crippen LogP contribution in [0.4, 0.5) is 0 Å². The molecular weight excluding hydrogens is 218 g/mol. The Balaban J connectivity index is 2.08. The van der Waals surface area contributed by atoms with Gasteiger partial charge < -0.3 is 5.73 Å². The van der Waals surface area contributed by atoms with Gasteiger partial charge in [0.05, 0.1) is 0 Å². The Kier molecular flexibility index (Phi) is 4.45. The van der Waals surface area contributed by atoms with Crippen LogP contribution >= 0.6 is 0 Å². The van der Waals surface area contributed by atoms with Gasteiger partial charge in [-0.25, -0.2) is 0 Å². The Morgan fingerprint density at radius 3 is 2.56 bits per heavy atom. The van der Waals surface area contributed by atoms with Crippen LogP contribution in [0.2, 0.25) is 0 Å². The van der Waals surface area contributed by atoms with Crippen LogP contribution in [0.5, 0.6) is 0 Å². The Morgan fingerprint density at radius 1 is 1.11 bits per heavy atom. The molecule has 0 heterocycles. The van der Waals surface area contributed by atoms with Crippen molar-refractivity contribution in [2.24, 2.45) is 23.5 Å². The molecular formula is C17H27N. The monoisotopic (exact) mass is 245 g/mol. The number of benzene rings is 1. The standard InChI is InChI=1S/C17H27N/c1-12-4-7-16(11-18)17(8-12)10-15-6-5-13(2)14(3)9-15/h5-6,9,12,16-17H,4,7-8,10-11,18H2,1-3H3. The van der Waals surface area contributed by atoms with Gasteiger partial charge in [0.15, 0.2) is 0 Å². The van der Waals surface area contributed by atoms with Gasteiger partial charge in [-0.1, -0.05) is 31.5 Å². The molecule has 3 atom stereocenters. The van der Waals surface area contributed by atoms with Crippen molar-refractivity contribution in [2.45, 2.75) is 46.5 Å². The fourth-order valence-corrected chi connectivity index (χ4v) is 3.35. The van der Waals surface area contributed by atoms with Gasteiger partial charge in [-0.05, 0) is 74.1 Å². The van der Waals surface area contributed by atoms with Crippen LogP contribution in [0.1, 0.15) is 42.9 Å². The topological polar surface area (TPSA) is 26.0 Å². The van der Waals surface area contributed by atoms with Crippen LogP contribution in [0, 0.1) is 31.6 Å². The molecule has 1 nitrogen and oxygen atoms in total. The van der Waals surface area contributed by atoms with Gasteiger partial charge in [0.25, 0.3) is 0 Å². The second-order valence-corrected chi connectivity index (χ2v) is 6.30. The lowest BCUT2D eigenvalue weighted by Crippen LogP contribution is -2.31. The fraction of sp³-hybridized carbons (Fsp3) is 0.647. The summed E-state index contributed by atoms with van der Waals surface area (Å²) in [5.74, 6) is 2.41. The normalized spacial score (nSPS) is 28.3. The van der Waals surface area contributed by atoms with Crippen LogP contribution in [0.25, 0.3) is 0 Å². The first-order valence-electron chi connectivity index (χ1n) is 7.36. The van der Waals surface area contributed by atoms with Gasteiger partial charge in [0.1, 0.15) is 0 Å². The molecule has 0 spiro atoms. The van der Waals surface area contributed by atoms with E-state index in [1.807, 2.05) is 0 Å². The van der Waals surface area contributed by atoms with Crippen molar-refractivity contribution >= 4 is 0 Å². The van der Waals surface area contributed by atoms with Crippen molar-refractivity contribution < 1.29 is 0 Å². The highest BCUT2D eigenvalue weighted by Crippen LogP contribution is 2.35. The predicted octanol–water partition coefficient (Wildman–Crippen LogP) is 3.86. The maximum Gasteiger partial charge on any atom is -0.00461 e. The summed E-state index contributed by atoms with van der Waals surface area (Å²) < 4.78 is 0. The molecule has 3 unspecified atom stereocenters. The number of nitrogens with two attached hydrogens (primary N) is 1. The molecule has 0 saturated heterocycles. The highest BCUT2D eigenvalue weighted by molar-refractivity contribution is 5.30. The van der Waals surface area contributed by atoms with E-state index in [0.29, 0.717) is 0 Å². The van der Waals surface area contributed by atoms with Gasteiger partial charge >= 0.3 is 0 Å². The summed E-state index contributed by atoms with van der Waals surface area (Å²) in [4.78, 5) is 0. The van der Waals surface area contributed by atoms with E-state index in [1.54, 1.807) is 0 Å². The van der Waals surface area contributed by atoms with Crippen molar-refractivity contribution in [3.8, 4) is 0 Å². The van der Waals surface area contributed by atoms with Crippen molar-refractivity contribution in [1.29, 1.82) is 0 Å². The molecule has 1 aromatic carbocycles. The molecule has 0 amide bonds. The second kappa shape index (κ2) is 5.88. The van der Waals surface area contributed by atoms with E-state index in [4.69, 9.17) is 5.73 Å². The number of hydrogen-bond acceptors (Lipinski definition) is 1. The fourth-order valence-electron chi connectivity index (χ4n) is 3.35. The lowest BCUT2D eigenvalue weighted by Gasteiger charge is -2.34. The SMILES string of the molecule is Cc1ccc(CC2CC(C)CCC2CN)cc1C. The minimum atomic E-state index is 0.739. The molecule has 0 aliphatic heterocycles. The Hall–Kier alpha value is -0.820. The average molecular weight is 245 g/mol. The summed E-state index contributed by atoms with van der Waals surface area (Å²) in [5, 5.41) is 0. The third kappa shape index (κ3) is 3.14. The molecule has 2 N–H and O–H groups in total. The lowest BCUT2D eigenvalue weighted by atomic mass is 9.72. The van der Waals surface area contributed by atoms with Gasteiger partial charge in [0.2, 0.25) is 0 Å². The Bertz CT molecular complexity index is 397. The number of rotatable bonds is 3. The molecule has 1 fully saturated rings. The Labute approximate surface area is 112 Å². The van der Waals surface area contributed by atoms with E-state index in [-0.39, 0.29) is 0 Å². The van der Waals surface area contributed by atoms with Gasteiger partial charge in [-0.3, -0.25) is 0 Å². The summed E-state index contributed by atoms with van der Waals surface area (Å²) >= 11 is 0. The van der Waals surface area contributed by atoms with Gasteiger partial charge in [-0.15, -0.1) is 0 Å². The smallest absolute Gasteiger partial charge is 0.00461 e. The molecule has 0 radical (unpaired) electrons. The first kappa shape index (κ1) is 13.6. The lowest BCUT2D eigenvalue weighted by molar-refractivity contribution is 0.193. The molecule has 100 valence electrons. The van der Waals surface area contributed by atoms with Gasteiger partial charge in [0, 0.05) is 0 Å². The first-order chi connectivity index (χ1) is 8.60. The zero-order valence-electron chi connectivity index (χ0n) is 12.1. The summed E-state index contributed by atoms with van der Waals surface area (Å²) in [6.45, 7) is 7.65.